The number of halogens is 1. The Hall–Kier alpha value is -1.85. The predicted molar refractivity (Wildman–Crippen MR) is 97.8 cm³/mol. The van der Waals surface area contributed by atoms with Gasteiger partial charge in [0.15, 0.2) is 0 Å². The molecule has 1 saturated heterocycles. The molecule has 2 heterocycles. The van der Waals surface area contributed by atoms with Crippen molar-refractivity contribution < 1.29 is 4.79 Å². The summed E-state index contributed by atoms with van der Waals surface area (Å²) in [5.41, 5.74) is 8.51. The van der Waals surface area contributed by atoms with Gasteiger partial charge in [-0.25, -0.2) is 4.68 Å². The molecule has 0 radical (unpaired) electrons. The number of carbonyl (C=O) groups is 1. The first-order valence-corrected chi connectivity index (χ1v) is 8.22. The number of aromatic nitrogens is 2. The van der Waals surface area contributed by atoms with Crippen molar-refractivity contribution in [3.8, 4) is 5.69 Å². The van der Waals surface area contributed by atoms with Crippen LogP contribution in [0.3, 0.4) is 0 Å². The minimum atomic E-state index is 0. The van der Waals surface area contributed by atoms with E-state index in [0.29, 0.717) is 18.0 Å². The van der Waals surface area contributed by atoms with Crippen molar-refractivity contribution in [3.05, 3.63) is 47.8 Å². The van der Waals surface area contributed by atoms with E-state index in [1.165, 1.54) is 0 Å². The van der Waals surface area contributed by atoms with Gasteiger partial charge in [0.2, 0.25) is 0 Å². The maximum absolute atomic E-state index is 12.8. The second-order valence-electron chi connectivity index (χ2n) is 6.47. The van der Waals surface area contributed by atoms with Gasteiger partial charge >= 0.3 is 0 Å². The third-order valence-electron chi connectivity index (χ3n) is 4.61. The van der Waals surface area contributed by atoms with Gasteiger partial charge in [-0.3, -0.25) is 4.79 Å². The molecule has 0 aliphatic carbocycles. The molecule has 2 aromatic rings. The third-order valence-corrected chi connectivity index (χ3v) is 4.61. The molecule has 0 saturated carbocycles. The van der Waals surface area contributed by atoms with Crippen LogP contribution >= 0.6 is 12.4 Å². The van der Waals surface area contributed by atoms with Crippen molar-refractivity contribution in [2.45, 2.75) is 32.7 Å². The van der Waals surface area contributed by atoms with Gasteiger partial charge in [-0.1, -0.05) is 6.92 Å². The predicted octanol–water partition coefficient (Wildman–Crippen LogP) is 2.80. The molecular formula is C18H25ClN4O. The Morgan fingerprint density at radius 3 is 2.58 bits per heavy atom. The molecule has 2 N–H and O–H groups in total. The second kappa shape index (κ2) is 7.81. The van der Waals surface area contributed by atoms with Crippen molar-refractivity contribution in [2.75, 3.05) is 13.1 Å². The van der Waals surface area contributed by atoms with E-state index >= 15 is 0 Å². The maximum atomic E-state index is 12.8. The normalized spacial score (nSPS) is 20.5. The zero-order valence-electron chi connectivity index (χ0n) is 14.2. The molecule has 1 aliphatic rings. The summed E-state index contributed by atoms with van der Waals surface area (Å²) in [6.45, 7) is 5.51. The molecule has 24 heavy (non-hydrogen) atoms. The first-order chi connectivity index (χ1) is 11.1. The summed E-state index contributed by atoms with van der Waals surface area (Å²) in [7, 11) is 0. The number of aryl methyl sites for hydroxylation is 1. The maximum Gasteiger partial charge on any atom is 0.254 e. The van der Waals surface area contributed by atoms with Crippen molar-refractivity contribution in [1.29, 1.82) is 0 Å². The summed E-state index contributed by atoms with van der Waals surface area (Å²) in [6, 6.07) is 9.73. The highest BCUT2D eigenvalue weighted by Crippen LogP contribution is 2.24. The first-order valence-electron chi connectivity index (χ1n) is 8.22. The zero-order valence-corrected chi connectivity index (χ0v) is 15.0. The molecular weight excluding hydrogens is 324 g/mol. The standard InChI is InChI=1S/C18H24N4O.ClH/c1-13-7-9-21(17(11-13)12-19)18(23)15-3-5-16(6-4-15)22-10-8-14(2)20-22;/h3-6,8,10,13,17H,7,9,11-12,19H2,1-2H3;1H. The molecule has 6 heteroatoms. The van der Waals surface area contributed by atoms with Gasteiger partial charge in [-0.15, -0.1) is 12.4 Å². The Bertz CT molecular complexity index is 683. The molecule has 5 nitrogen and oxygen atoms in total. The van der Waals surface area contributed by atoms with E-state index in [2.05, 4.69) is 12.0 Å². The van der Waals surface area contributed by atoms with Gasteiger partial charge in [0.1, 0.15) is 0 Å². The van der Waals surface area contributed by atoms with Crippen LogP contribution in [0.15, 0.2) is 36.5 Å². The summed E-state index contributed by atoms with van der Waals surface area (Å²) >= 11 is 0. The Kier molecular flexibility index (Phi) is 6.02. The number of hydrogen-bond donors (Lipinski definition) is 1. The van der Waals surface area contributed by atoms with Crippen molar-refractivity contribution in [1.82, 2.24) is 14.7 Å². The van der Waals surface area contributed by atoms with E-state index in [1.807, 2.05) is 53.0 Å². The lowest BCUT2D eigenvalue weighted by Crippen LogP contribution is -2.49. The van der Waals surface area contributed by atoms with Crippen molar-refractivity contribution in [3.63, 3.8) is 0 Å². The fourth-order valence-corrected chi connectivity index (χ4v) is 3.22. The molecule has 2 atom stereocenters. The highest BCUT2D eigenvalue weighted by molar-refractivity contribution is 5.94. The molecule has 1 aromatic heterocycles. The van der Waals surface area contributed by atoms with Crippen LogP contribution in [0.4, 0.5) is 0 Å². The largest absolute Gasteiger partial charge is 0.334 e. The van der Waals surface area contributed by atoms with Crippen LogP contribution in [0.25, 0.3) is 5.69 Å². The second-order valence-corrected chi connectivity index (χ2v) is 6.47. The molecule has 2 unspecified atom stereocenters. The van der Waals surface area contributed by atoms with Crippen LogP contribution in [0.2, 0.25) is 0 Å². The van der Waals surface area contributed by atoms with Crippen LogP contribution in [0.1, 0.15) is 35.8 Å². The minimum absolute atomic E-state index is 0. The summed E-state index contributed by atoms with van der Waals surface area (Å²) < 4.78 is 1.81. The van der Waals surface area contributed by atoms with Gasteiger partial charge in [0.05, 0.1) is 11.4 Å². The smallest absolute Gasteiger partial charge is 0.254 e. The van der Waals surface area contributed by atoms with E-state index in [0.717, 1.165) is 30.8 Å². The number of rotatable bonds is 3. The van der Waals surface area contributed by atoms with Gasteiger partial charge < -0.3 is 10.6 Å². The topological polar surface area (TPSA) is 64.2 Å². The fourth-order valence-electron chi connectivity index (χ4n) is 3.22. The lowest BCUT2D eigenvalue weighted by Gasteiger charge is -2.38. The van der Waals surface area contributed by atoms with Crippen molar-refractivity contribution in [2.24, 2.45) is 11.7 Å². The molecule has 1 aromatic carbocycles. The third kappa shape index (κ3) is 3.79. The number of nitrogens with zero attached hydrogens (tertiary/aromatic N) is 3. The van der Waals surface area contributed by atoms with Crippen LogP contribution < -0.4 is 5.73 Å². The van der Waals surface area contributed by atoms with E-state index in [1.54, 1.807) is 0 Å². The van der Waals surface area contributed by atoms with Crippen LogP contribution in [-0.2, 0) is 0 Å². The Morgan fingerprint density at radius 1 is 1.29 bits per heavy atom. The first kappa shape index (κ1) is 18.5. The number of benzene rings is 1. The number of piperidine rings is 1. The monoisotopic (exact) mass is 348 g/mol. The van der Waals surface area contributed by atoms with E-state index in [4.69, 9.17) is 5.73 Å². The lowest BCUT2D eigenvalue weighted by atomic mass is 9.92. The lowest BCUT2D eigenvalue weighted by molar-refractivity contribution is 0.0573. The van der Waals surface area contributed by atoms with Crippen LogP contribution in [0.5, 0.6) is 0 Å². The average molecular weight is 349 g/mol. The number of nitrogens with two attached hydrogens (primary N) is 1. The SMILES string of the molecule is Cc1ccn(-c2ccc(C(=O)N3CCC(C)CC3CN)cc2)n1.Cl. The number of carbonyl (C=O) groups excluding carboxylic acids is 1. The zero-order chi connectivity index (χ0) is 16.4. The molecule has 0 bridgehead atoms. The quantitative estimate of drug-likeness (QED) is 0.927. The van der Waals surface area contributed by atoms with Gasteiger partial charge in [0, 0.05) is 30.9 Å². The molecule has 0 spiro atoms. The Labute approximate surface area is 149 Å². The van der Waals surface area contributed by atoms with Gasteiger partial charge in [-0.2, -0.15) is 5.10 Å². The molecule has 1 amide bonds. The van der Waals surface area contributed by atoms with E-state index in [9.17, 15) is 4.79 Å². The molecule has 3 rings (SSSR count). The van der Waals surface area contributed by atoms with E-state index < -0.39 is 0 Å². The summed E-state index contributed by atoms with van der Waals surface area (Å²) in [6.07, 6.45) is 3.96. The van der Waals surface area contributed by atoms with Gasteiger partial charge in [-0.05, 0) is 56.0 Å². The minimum Gasteiger partial charge on any atom is -0.334 e. The number of amides is 1. The van der Waals surface area contributed by atoms with Crippen LogP contribution in [-0.4, -0.2) is 39.7 Å². The fraction of sp³-hybridized carbons (Fsp3) is 0.444. The summed E-state index contributed by atoms with van der Waals surface area (Å²) in [4.78, 5) is 14.7. The van der Waals surface area contributed by atoms with Crippen molar-refractivity contribution >= 4 is 18.3 Å². The molecule has 1 fully saturated rings. The summed E-state index contributed by atoms with van der Waals surface area (Å²) in [5.74, 6) is 0.716. The number of likely N-dealkylation sites (tertiary alicyclic amines) is 1. The summed E-state index contributed by atoms with van der Waals surface area (Å²) in [5, 5.41) is 4.38. The van der Waals surface area contributed by atoms with Gasteiger partial charge in [0.25, 0.3) is 5.91 Å². The van der Waals surface area contributed by atoms with E-state index in [-0.39, 0.29) is 24.4 Å². The highest BCUT2D eigenvalue weighted by Gasteiger charge is 2.29. The highest BCUT2D eigenvalue weighted by atomic mass is 35.5. The Morgan fingerprint density at radius 2 is 2.00 bits per heavy atom. The average Bonchev–Trinajstić information content (AvgIpc) is 3.00. The Balaban J connectivity index is 0.00000208. The molecule has 130 valence electrons. The van der Waals surface area contributed by atoms with Crippen LogP contribution in [0, 0.1) is 12.8 Å². The molecule has 1 aliphatic heterocycles. The number of hydrogen-bond acceptors (Lipinski definition) is 3.